The molecule has 0 spiro atoms. The number of methoxy groups -OCH3 is 3. The number of carbonyl (C=O) groups excluding carboxylic acids is 3. The molecule has 2 amide bonds. The smallest absolute Gasteiger partial charge is 0.469 e. The summed E-state index contributed by atoms with van der Waals surface area (Å²) >= 11 is 0. The van der Waals surface area contributed by atoms with Crippen molar-refractivity contribution in [1.29, 1.82) is 0 Å². The van der Waals surface area contributed by atoms with Gasteiger partial charge in [0.15, 0.2) is 5.82 Å². The van der Waals surface area contributed by atoms with Crippen molar-refractivity contribution in [3.8, 4) is 22.8 Å². The highest BCUT2D eigenvalue weighted by molar-refractivity contribution is 6.12. The molecule has 2 heterocycles. The van der Waals surface area contributed by atoms with Crippen molar-refractivity contribution in [3.63, 3.8) is 0 Å². The van der Waals surface area contributed by atoms with E-state index >= 15 is 0 Å². The van der Waals surface area contributed by atoms with Gasteiger partial charge in [-0.15, -0.1) is 5.10 Å². The zero-order valence-corrected chi connectivity index (χ0v) is 28.0. The average molecular weight is 731 g/mol. The van der Waals surface area contributed by atoms with Gasteiger partial charge in [0.2, 0.25) is 12.2 Å². The molecule has 14 nitrogen and oxygen atoms in total. The monoisotopic (exact) mass is 730 g/mol. The van der Waals surface area contributed by atoms with E-state index in [1.807, 2.05) is 0 Å². The normalized spacial score (nSPS) is 20.8. The number of aromatic nitrogens is 3. The van der Waals surface area contributed by atoms with Gasteiger partial charge in [-0.1, -0.05) is 0 Å². The Hall–Kier alpha value is -4.72. The summed E-state index contributed by atoms with van der Waals surface area (Å²) < 4.78 is 102. The van der Waals surface area contributed by atoms with Gasteiger partial charge in [-0.2, -0.15) is 22.0 Å². The van der Waals surface area contributed by atoms with E-state index in [9.17, 15) is 36.3 Å². The SMILES string of the molecule is CCO[C@@H]1[C@@H](OC)[C@H](C)O[C@@H](OC(=O)N(C(=O)CCC(=O)OC)c2ccc(-c3ncn(-c4ccc(OC(F)(F)C(F)(F)F)cc4)n3)cc2)[C@@H]1OC. The average Bonchev–Trinajstić information content (AvgIpc) is 3.58. The van der Waals surface area contributed by atoms with Gasteiger partial charge in [0.05, 0.1) is 31.0 Å². The maximum absolute atomic E-state index is 13.6. The van der Waals surface area contributed by atoms with Gasteiger partial charge in [-0.25, -0.2) is 19.4 Å². The van der Waals surface area contributed by atoms with Crippen molar-refractivity contribution < 1.29 is 69.5 Å². The van der Waals surface area contributed by atoms with E-state index in [0.717, 1.165) is 24.1 Å². The topological polar surface area (TPSA) is 150 Å². The highest BCUT2D eigenvalue weighted by atomic mass is 19.4. The Morgan fingerprint density at radius 1 is 0.902 bits per heavy atom. The molecule has 0 N–H and O–H groups in total. The molecule has 4 rings (SSSR count). The molecule has 0 radical (unpaired) electrons. The first-order valence-corrected chi connectivity index (χ1v) is 15.3. The van der Waals surface area contributed by atoms with Gasteiger partial charge >= 0.3 is 24.3 Å². The Morgan fingerprint density at radius 3 is 2.12 bits per heavy atom. The first kappa shape index (κ1) is 39.1. The molecule has 51 heavy (non-hydrogen) atoms. The maximum atomic E-state index is 13.6. The zero-order chi connectivity index (χ0) is 37.5. The molecule has 1 aliphatic heterocycles. The van der Waals surface area contributed by atoms with Gasteiger partial charge in [0.25, 0.3) is 0 Å². The van der Waals surface area contributed by atoms with E-state index in [1.54, 1.807) is 13.8 Å². The van der Waals surface area contributed by atoms with Crippen LogP contribution in [0.4, 0.5) is 32.4 Å². The van der Waals surface area contributed by atoms with Crippen LogP contribution in [0.2, 0.25) is 0 Å². The Morgan fingerprint density at radius 2 is 1.55 bits per heavy atom. The summed E-state index contributed by atoms with van der Waals surface area (Å²) in [6, 6.07) is 10.0. The largest absolute Gasteiger partial charge is 0.499 e. The van der Waals surface area contributed by atoms with E-state index < -0.39 is 73.1 Å². The molecular formula is C32H35F5N4O10. The molecule has 278 valence electrons. The summed E-state index contributed by atoms with van der Waals surface area (Å²) in [7, 11) is 4.01. The van der Waals surface area contributed by atoms with Gasteiger partial charge in [-0.05, 0) is 62.4 Å². The first-order chi connectivity index (χ1) is 24.1. The molecule has 1 fully saturated rings. The molecule has 0 saturated carbocycles. The molecule has 19 heteroatoms. The van der Waals surface area contributed by atoms with Crippen LogP contribution in [0.15, 0.2) is 54.9 Å². The van der Waals surface area contributed by atoms with Crippen molar-refractivity contribution in [1.82, 2.24) is 14.8 Å². The van der Waals surface area contributed by atoms with Gasteiger partial charge in [0.1, 0.15) is 30.4 Å². The second kappa shape index (κ2) is 16.5. The highest BCUT2D eigenvalue weighted by Gasteiger charge is 2.61. The van der Waals surface area contributed by atoms with Crippen LogP contribution < -0.4 is 9.64 Å². The van der Waals surface area contributed by atoms with E-state index in [2.05, 4.69) is 19.6 Å². The molecule has 3 aromatic rings. The predicted molar refractivity (Wildman–Crippen MR) is 165 cm³/mol. The molecule has 5 atom stereocenters. The van der Waals surface area contributed by atoms with E-state index in [-0.39, 0.29) is 23.6 Å². The molecule has 0 unspecified atom stereocenters. The van der Waals surface area contributed by atoms with E-state index in [4.69, 9.17) is 23.7 Å². The second-order valence-electron chi connectivity index (χ2n) is 10.9. The van der Waals surface area contributed by atoms with Crippen LogP contribution in [0.5, 0.6) is 5.75 Å². The van der Waals surface area contributed by atoms with Crippen LogP contribution in [-0.4, -0.2) is 104 Å². The van der Waals surface area contributed by atoms with Crippen molar-refractivity contribution in [2.75, 3.05) is 32.8 Å². The van der Waals surface area contributed by atoms with Crippen molar-refractivity contribution in [2.24, 2.45) is 0 Å². The minimum Gasteiger partial charge on any atom is -0.469 e. The summed E-state index contributed by atoms with van der Waals surface area (Å²) in [6.07, 6.45) is -16.0. The lowest BCUT2D eigenvalue weighted by Crippen LogP contribution is -2.60. The van der Waals surface area contributed by atoms with Gasteiger partial charge in [-0.3, -0.25) is 9.59 Å². The number of imide groups is 1. The summed E-state index contributed by atoms with van der Waals surface area (Å²) in [6.45, 7) is 3.77. The van der Waals surface area contributed by atoms with Crippen LogP contribution in [-0.2, 0) is 38.0 Å². The molecular weight excluding hydrogens is 695 g/mol. The van der Waals surface area contributed by atoms with Crippen LogP contribution >= 0.6 is 0 Å². The number of nitrogens with zero attached hydrogens (tertiary/aromatic N) is 4. The van der Waals surface area contributed by atoms with E-state index in [0.29, 0.717) is 12.2 Å². The number of alkyl halides is 5. The van der Waals surface area contributed by atoms with Crippen molar-refractivity contribution >= 4 is 23.7 Å². The number of hydrogen-bond donors (Lipinski definition) is 0. The lowest BCUT2D eigenvalue weighted by atomic mass is 9.99. The molecule has 1 aliphatic rings. The third kappa shape index (κ3) is 9.15. The summed E-state index contributed by atoms with van der Waals surface area (Å²) in [5.74, 6) is -2.05. The Balaban J connectivity index is 1.55. The number of rotatable bonds is 13. The Kier molecular flexibility index (Phi) is 12.7. The fraction of sp³-hybridized carbons (Fsp3) is 0.469. The van der Waals surface area contributed by atoms with Crippen LogP contribution in [0.3, 0.4) is 0 Å². The number of halogens is 5. The minimum absolute atomic E-state index is 0.0539. The molecule has 2 aromatic carbocycles. The zero-order valence-electron chi connectivity index (χ0n) is 28.0. The van der Waals surface area contributed by atoms with Crippen molar-refractivity contribution in [2.45, 2.75) is 69.7 Å². The number of esters is 1. The number of ether oxygens (including phenoxy) is 7. The number of benzene rings is 2. The maximum Gasteiger partial charge on any atom is 0.499 e. The number of hydrogen-bond acceptors (Lipinski definition) is 12. The highest BCUT2D eigenvalue weighted by Crippen LogP contribution is 2.37. The lowest BCUT2D eigenvalue weighted by molar-refractivity contribution is -0.360. The van der Waals surface area contributed by atoms with E-state index in [1.165, 1.54) is 61.6 Å². The fourth-order valence-corrected chi connectivity index (χ4v) is 5.10. The third-order valence-electron chi connectivity index (χ3n) is 7.60. The molecule has 1 saturated heterocycles. The van der Waals surface area contributed by atoms with Crippen LogP contribution in [0.1, 0.15) is 26.7 Å². The number of carbonyl (C=O) groups is 3. The number of amides is 2. The predicted octanol–water partition coefficient (Wildman–Crippen LogP) is 5.07. The second-order valence-corrected chi connectivity index (χ2v) is 10.9. The molecule has 1 aromatic heterocycles. The summed E-state index contributed by atoms with van der Waals surface area (Å²) in [4.78, 5) is 43.7. The molecule has 0 aliphatic carbocycles. The Bertz CT molecular complexity index is 1640. The fourth-order valence-electron chi connectivity index (χ4n) is 5.10. The number of anilines is 1. The summed E-state index contributed by atoms with van der Waals surface area (Å²) in [5.41, 5.74) is 0.722. The quantitative estimate of drug-likeness (QED) is 0.171. The minimum atomic E-state index is -5.90. The third-order valence-corrected chi connectivity index (χ3v) is 7.60. The first-order valence-electron chi connectivity index (χ1n) is 15.3. The molecule has 0 bridgehead atoms. The van der Waals surface area contributed by atoms with Gasteiger partial charge < -0.3 is 33.2 Å². The van der Waals surface area contributed by atoms with Gasteiger partial charge in [0, 0.05) is 32.8 Å². The summed E-state index contributed by atoms with van der Waals surface area (Å²) in [5, 5.41) is 4.30. The standard InChI is InChI=1S/C32H35F5N4O10/c1-6-48-26-25(46-4)18(2)49-29(27(26)47-5)50-30(44)41(23(42)15-16-24(43)45-3)21-9-7-19(8-10-21)28-38-17-40(39-28)20-11-13-22(14-12-20)51-32(36,37)31(33,34)35/h7-14,17-18,25-27,29H,6,15-16H2,1-5H3/t18-,25-,26+,27+,29-/m0/s1. The van der Waals surface area contributed by atoms with Crippen molar-refractivity contribution in [3.05, 3.63) is 54.9 Å². The Labute approximate surface area is 288 Å². The lowest BCUT2D eigenvalue weighted by Gasteiger charge is -2.43. The van der Waals surface area contributed by atoms with Crippen LogP contribution in [0.25, 0.3) is 17.1 Å². The van der Waals surface area contributed by atoms with Crippen LogP contribution in [0, 0.1) is 0 Å².